The number of anilines is 1. The molecule has 0 radical (unpaired) electrons. The summed E-state index contributed by atoms with van der Waals surface area (Å²) in [7, 11) is 1.41. The van der Waals surface area contributed by atoms with Crippen molar-refractivity contribution < 1.29 is 19.4 Å². The number of hydrogen-bond donors (Lipinski definition) is 2. The number of hydrogen-bond acceptors (Lipinski definition) is 4. The summed E-state index contributed by atoms with van der Waals surface area (Å²) < 4.78 is 5.04. The smallest absolute Gasteiger partial charge is 0.257 e. The number of rotatable bonds is 1. The standard InChI is InChI=1S/C15H16N2O4/c1-3-8-4-11-14(19)16-10-6-12(18)13(21-2)5-9(10)15(20)17(11)7-8/h3,5-6,11,18H,4,7H2,1-2H3,(H,16,19)/b8-3-/t11-/m0/s1. The zero-order valence-corrected chi connectivity index (χ0v) is 11.8. The maximum absolute atomic E-state index is 12.7. The molecule has 1 atom stereocenters. The van der Waals surface area contributed by atoms with Gasteiger partial charge in [0.25, 0.3) is 5.91 Å². The van der Waals surface area contributed by atoms with Gasteiger partial charge < -0.3 is 20.1 Å². The van der Waals surface area contributed by atoms with Gasteiger partial charge in [0.1, 0.15) is 6.04 Å². The lowest BCUT2D eigenvalue weighted by Crippen LogP contribution is -2.40. The van der Waals surface area contributed by atoms with Gasteiger partial charge in [-0.3, -0.25) is 9.59 Å². The monoisotopic (exact) mass is 288 g/mol. The van der Waals surface area contributed by atoms with Gasteiger partial charge in [-0.05, 0) is 19.4 Å². The van der Waals surface area contributed by atoms with Gasteiger partial charge in [-0.15, -0.1) is 0 Å². The molecule has 1 fully saturated rings. The highest BCUT2D eigenvalue weighted by molar-refractivity contribution is 6.11. The number of nitrogens with zero attached hydrogens (tertiary/aromatic N) is 1. The first-order valence-corrected chi connectivity index (χ1v) is 6.72. The highest BCUT2D eigenvalue weighted by atomic mass is 16.5. The summed E-state index contributed by atoms with van der Waals surface area (Å²) in [5.74, 6) is -0.368. The Balaban J connectivity index is 2.10. The lowest BCUT2D eigenvalue weighted by atomic mass is 10.1. The third-order valence-corrected chi connectivity index (χ3v) is 3.98. The number of amides is 2. The van der Waals surface area contributed by atoms with Crippen LogP contribution in [-0.2, 0) is 4.79 Å². The number of benzene rings is 1. The van der Waals surface area contributed by atoms with E-state index in [9.17, 15) is 14.7 Å². The minimum atomic E-state index is -0.496. The van der Waals surface area contributed by atoms with Gasteiger partial charge >= 0.3 is 0 Å². The van der Waals surface area contributed by atoms with Gasteiger partial charge in [0.15, 0.2) is 11.5 Å². The van der Waals surface area contributed by atoms with Gasteiger partial charge in [-0.2, -0.15) is 0 Å². The second-order valence-corrected chi connectivity index (χ2v) is 5.16. The normalized spacial score (nSPS) is 22.7. The Morgan fingerprint density at radius 2 is 2.19 bits per heavy atom. The Kier molecular flexibility index (Phi) is 3.08. The number of nitrogens with one attached hydrogen (secondary N) is 1. The van der Waals surface area contributed by atoms with Crippen molar-refractivity contribution in [3.05, 3.63) is 29.3 Å². The van der Waals surface area contributed by atoms with Crippen molar-refractivity contribution in [2.24, 2.45) is 0 Å². The van der Waals surface area contributed by atoms with Crippen LogP contribution < -0.4 is 10.1 Å². The molecule has 2 aliphatic heterocycles. The lowest BCUT2D eigenvalue weighted by Gasteiger charge is -2.19. The van der Waals surface area contributed by atoms with Crippen LogP contribution in [0.1, 0.15) is 23.7 Å². The summed E-state index contributed by atoms with van der Waals surface area (Å²) in [5.41, 5.74) is 1.72. The molecule has 0 aliphatic carbocycles. The van der Waals surface area contributed by atoms with E-state index in [1.807, 2.05) is 13.0 Å². The van der Waals surface area contributed by atoms with E-state index in [0.717, 1.165) is 5.57 Å². The van der Waals surface area contributed by atoms with Gasteiger partial charge in [0, 0.05) is 12.6 Å². The van der Waals surface area contributed by atoms with E-state index in [4.69, 9.17) is 4.74 Å². The number of methoxy groups -OCH3 is 1. The second kappa shape index (κ2) is 4.80. The van der Waals surface area contributed by atoms with Crippen molar-refractivity contribution in [1.82, 2.24) is 4.90 Å². The summed E-state index contributed by atoms with van der Waals surface area (Å²) >= 11 is 0. The molecular formula is C15H16N2O4. The van der Waals surface area contributed by atoms with Crippen LogP contribution in [0, 0.1) is 0 Å². The van der Waals surface area contributed by atoms with Gasteiger partial charge in [0.05, 0.1) is 18.4 Å². The second-order valence-electron chi connectivity index (χ2n) is 5.16. The molecule has 6 nitrogen and oxygen atoms in total. The van der Waals surface area contributed by atoms with E-state index >= 15 is 0 Å². The minimum absolute atomic E-state index is 0.111. The van der Waals surface area contributed by atoms with E-state index < -0.39 is 6.04 Å². The van der Waals surface area contributed by atoms with Crippen molar-refractivity contribution in [2.75, 3.05) is 19.0 Å². The molecule has 0 aromatic heterocycles. The van der Waals surface area contributed by atoms with Crippen molar-refractivity contribution >= 4 is 17.5 Å². The fourth-order valence-electron chi connectivity index (χ4n) is 2.79. The summed E-state index contributed by atoms with van der Waals surface area (Å²) in [4.78, 5) is 26.5. The molecule has 1 aromatic carbocycles. The number of allylic oxidation sites excluding steroid dienone is 1. The fraction of sp³-hybridized carbons (Fsp3) is 0.333. The van der Waals surface area contributed by atoms with E-state index in [-0.39, 0.29) is 23.3 Å². The van der Waals surface area contributed by atoms with Crippen molar-refractivity contribution in [1.29, 1.82) is 0 Å². The Labute approximate surface area is 122 Å². The number of phenols is 1. The van der Waals surface area contributed by atoms with E-state index in [1.54, 1.807) is 4.90 Å². The predicted molar refractivity (Wildman–Crippen MR) is 76.5 cm³/mol. The third-order valence-electron chi connectivity index (χ3n) is 3.98. The third kappa shape index (κ3) is 2.03. The molecule has 110 valence electrons. The van der Waals surface area contributed by atoms with E-state index in [1.165, 1.54) is 19.2 Å². The van der Waals surface area contributed by atoms with Crippen LogP contribution in [0.5, 0.6) is 11.5 Å². The summed E-state index contributed by atoms with van der Waals surface area (Å²) in [6.07, 6.45) is 2.48. The average Bonchev–Trinajstić information content (AvgIpc) is 2.87. The van der Waals surface area contributed by atoms with Crippen LogP contribution >= 0.6 is 0 Å². The zero-order valence-electron chi connectivity index (χ0n) is 11.8. The highest BCUT2D eigenvalue weighted by Crippen LogP contribution is 2.37. The Morgan fingerprint density at radius 1 is 1.43 bits per heavy atom. The number of carbonyl (C=O) groups is 2. The average molecular weight is 288 g/mol. The van der Waals surface area contributed by atoms with Crippen LogP contribution in [0.25, 0.3) is 0 Å². The Hall–Kier alpha value is -2.50. The van der Waals surface area contributed by atoms with Gasteiger partial charge in [-0.25, -0.2) is 0 Å². The van der Waals surface area contributed by atoms with Crippen molar-refractivity contribution in [3.8, 4) is 11.5 Å². The molecular weight excluding hydrogens is 272 g/mol. The summed E-state index contributed by atoms with van der Waals surface area (Å²) in [6.45, 7) is 2.36. The molecule has 0 spiro atoms. The molecule has 1 aromatic rings. The number of phenolic OH excluding ortho intramolecular Hbond substituents is 1. The maximum atomic E-state index is 12.7. The van der Waals surface area contributed by atoms with Gasteiger partial charge in [-0.1, -0.05) is 11.6 Å². The Bertz CT molecular complexity index is 666. The first-order valence-electron chi connectivity index (χ1n) is 6.72. The Morgan fingerprint density at radius 3 is 2.86 bits per heavy atom. The molecule has 3 rings (SSSR count). The van der Waals surface area contributed by atoms with Gasteiger partial charge in [0.2, 0.25) is 5.91 Å². The number of carbonyl (C=O) groups excluding carboxylic acids is 2. The SMILES string of the molecule is C/C=C1/C[C@H]2C(=O)Nc3cc(O)c(OC)cc3C(=O)N2C1. The van der Waals surface area contributed by atoms with Crippen LogP contribution in [0.2, 0.25) is 0 Å². The topological polar surface area (TPSA) is 78.9 Å². The fourth-order valence-corrected chi connectivity index (χ4v) is 2.79. The molecule has 21 heavy (non-hydrogen) atoms. The maximum Gasteiger partial charge on any atom is 0.257 e. The molecule has 2 N–H and O–H groups in total. The number of aromatic hydroxyl groups is 1. The van der Waals surface area contributed by atoms with E-state index in [0.29, 0.717) is 24.2 Å². The number of fused-ring (bicyclic) bond motifs is 2. The van der Waals surface area contributed by atoms with Crippen molar-refractivity contribution in [2.45, 2.75) is 19.4 Å². The highest BCUT2D eigenvalue weighted by Gasteiger charge is 2.40. The van der Waals surface area contributed by atoms with Crippen LogP contribution in [0.3, 0.4) is 0 Å². The molecule has 6 heteroatoms. The molecule has 1 saturated heterocycles. The molecule has 2 heterocycles. The molecule has 0 saturated carbocycles. The zero-order chi connectivity index (χ0) is 15.1. The van der Waals surface area contributed by atoms with Crippen LogP contribution in [0.15, 0.2) is 23.8 Å². The van der Waals surface area contributed by atoms with Crippen LogP contribution in [-0.4, -0.2) is 41.5 Å². The number of ether oxygens (including phenoxy) is 1. The first kappa shape index (κ1) is 13.5. The van der Waals surface area contributed by atoms with E-state index in [2.05, 4.69) is 5.32 Å². The molecule has 2 aliphatic rings. The minimum Gasteiger partial charge on any atom is -0.504 e. The summed E-state index contributed by atoms with van der Waals surface area (Å²) in [6, 6.07) is 2.32. The van der Waals surface area contributed by atoms with Crippen molar-refractivity contribution in [3.63, 3.8) is 0 Å². The molecule has 0 unspecified atom stereocenters. The lowest BCUT2D eigenvalue weighted by molar-refractivity contribution is -0.119. The first-order chi connectivity index (χ1) is 10.0. The molecule has 0 bridgehead atoms. The predicted octanol–water partition coefficient (Wildman–Crippen LogP) is 1.51. The largest absolute Gasteiger partial charge is 0.504 e. The quantitative estimate of drug-likeness (QED) is 0.768. The summed E-state index contributed by atoms with van der Waals surface area (Å²) in [5, 5.41) is 12.5. The van der Waals surface area contributed by atoms with Crippen LogP contribution in [0.4, 0.5) is 5.69 Å². The molecule has 2 amide bonds.